The molecule has 1 saturated heterocycles. The van der Waals surface area contributed by atoms with Crippen LogP contribution in [-0.2, 0) is 0 Å². The zero-order valence-electron chi connectivity index (χ0n) is 11.2. The van der Waals surface area contributed by atoms with Crippen LogP contribution in [0.25, 0.3) is 0 Å². The highest BCUT2D eigenvalue weighted by Gasteiger charge is 2.24. The topological polar surface area (TPSA) is 15.3 Å². The number of piperidine rings is 1. The van der Waals surface area contributed by atoms with Crippen molar-refractivity contribution in [2.24, 2.45) is 0 Å². The molecule has 0 aromatic carbocycles. The summed E-state index contributed by atoms with van der Waals surface area (Å²) in [6.45, 7) is 10.3. The molecule has 0 radical (unpaired) electrons. The number of thiophene rings is 1. The summed E-state index contributed by atoms with van der Waals surface area (Å²) in [6, 6.07) is 5.80. The zero-order chi connectivity index (χ0) is 12.3. The first-order valence-corrected chi connectivity index (χ1v) is 7.56. The molecule has 0 bridgehead atoms. The fraction of sp³-hybridized carbons (Fsp3) is 0.714. The highest BCUT2D eigenvalue weighted by atomic mass is 32.1. The third-order valence-electron chi connectivity index (χ3n) is 3.67. The van der Waals surface area contributed by atoms with Crippen LogP contribution >= 0.6 is 11.3 Å². The number of nitrogens with zero attached hydrogens (tertiary/aromatic N) is 1. The Kier molecular flexibility index (Phi) is 4.60. The van der Waals surface area contributed by atoms with Gasteiger partial charge in [-0.2, -0.15) is 0 Å². The zero-order valence-corrected chi connectivity index (χ0v) is 12.0. The van der Waals surface area contributed by atoms with Crippen molar-refractivity contribution in [2.45, 2.75) is 45.7 Å². The van der Waals surface area contributed by atoms with Gasteiger partial charge in [0.15, 0.2) is 0 Å². The first-order valence-electron chi connectivity index (χ1n) is 6.74. The standard InChI is InChI=1S/C14H24N2S/c1-4-15-13-6-5-9-16(10-13)12(3)14-8-7-11(2)17-14/h7-8,12-13,15H,4-6,9-10H2,1-3H3. The summed E-state index contributed by atoms with van der Waals surface area (Å²) in [5.74, 6) is 0. The summed E-state index contributed by atoms with van der Waals surface area (Å²) in [4.78, 5) is 5.56. The van der Waals surface area contributed by atoms with E-state index < -0.39 is 0 Å². The van der Waals surface area contributed by atoms with Gasteiger partial charge in [0.25, 0.3) is 0 Å². The maximum Gasteiger partial charge on any atom is 0.0414 e. The third kappa shape index (κ3) is 3.30. The molecule has 1 aromatic rings. The second-order valence-corrected chi connectivity index (χ2v) is 6.34. The predicted molar refractivity (Wildman–Crippen MR) is 75.7 cm³/mol. The lowest BCUT2D eigenvalue weighted by atomic mass is 10.0. The molecule has 1 aliphatic heterocycles. The van der Waals surface area contributed by atoms with Crippen LogP contribution in [-0.4, -0.2) is 30.6 Å². The number of likely N-dealkylation sites (tertiary alicyclic amines) is 1. The van der Waals surface area contributed by atoms with Crippen molar-refractivity contribution < 1.29 is 0 Å². The van der Waals surface area contributed by atoms with E-state index in [0.29, 0.717) is 12.1 Å². The summed E-state index contributed by atoms with van der Waals surface area (Å²) in [5, 5.41) is 3.59. The molecular formula is C14H24N2S. The van der Waals surface area contributed by atoms with Crippen LogP contribution in [0.3, 0.4) is 0 Å². The van der Waals surface area contributed by atoms with Crippen molar-refractivity contribution in [2.75, 3.05) is 19.6 Å². The summed E-state index contributed by atoms with van der Waals surface area (Å²) in [5.41, 5.74) is 0. The van der Waals surface area contributed by atoms with Crippen molar-refractivity contribution in [3.8, 4) is 0 Å². The molecule has 2 atom stereocenters. The molecule has 0 saturated carbocycles. The lowest BCUT2D eigenvalue weighted by Crippen LogP contribution is -2.46. The van der Waals surface area contributed by atoms with Crippen LogP contribution in [0.5, 0.6) is 0 Å². The Hall–Kier alpha value is -0.380. The normalized spacial score (nSPS) is 23.8. The van der Waals surface area contributed by atoms with Gasteiger partial charge >= 0.3 is 0 Å². The van der Waals surface area contributed by atoms with Crippen LogP contribution in [0.2, 0.25) is 0 Å². The molecule has 1 N–H and O–H groups in total. The lowest BCUT2D eigenvalue weighted by Gasteiger charge is -2.36. The van der Waals surface area contributed by atoms with Crippen molar-refractivity contribution >= 4 is 11.3 Å². The van der Waals surface area contributed by atoms with Gasteiger partial charge in [-0.15, -0.1) is 11.3 Å². The SMILES string of the molecule is CCNC1CCCN(C(C)c2ccc(C)s2)C1. The van der Waals surface area contributed by atoms with E-state index >= 15 is 0 Å². The van der Waals surface area contributed by atoms with Crippen LogP contribution in [0, 0.1) is 6.92 Å². The minimum absolute atomic E-state index is 0.579. The second-order valence-electron chi connectivity index (χ2n) is 5.02. The Morgan fingerprint density at radius 1 is 1.53 bits per heavy atom. The van der Waals surface area contributed by atoms with E-state index in [2.05, 4.69) is 43.1 Å². The van der Waals surface area contributed by atoms with Gasteiger partial charge in [-0.1, -0.05) is 6.92 Å². The molecule has 0 spiro atoms. The largest absolute Gasteiger partial charge is 0.313 e. The lowest BCUT2D eigenvalue weighted by molar-refractivity contribution is 0.148. The number of likely N-dealkylation sites (N-methyl/N-ethyl adjacent to an activating group) is 1. The minimum Gasteiger partial charge on any atom is -0.313 e. The molecule has 17 heavy (non-hydrogen) atoms. The minimum atomic E-state index is 0.579. The Morgan fingerprint density at radius 3 is 3.00 bits per heavy atom. The van der Waals surface area contributed by atoms with Gasteiger partial charge < -0.3 is 5.32 Å². The van der Waals surface area contributed by atoms with Crippen molar-refractivity contribution in [3.63, 3.8) is 0 Å². The molecule has 2 unspecified atom stereocenters. The first kappa shape index (κ1) is 13.1. The predicted octanol–water partition coefficient (Wildman–Crippen LogP) is 3.19. The van der Waals surface area contributed by atoms with Gasteiger partial charge in [-0.05, 0) is 51.9 Å². The quantitative estimate of drug-likeness (QED) is 0.885. The van der Waals surface area contributed by atoms with Gasteiger partial charge in [-0.3, -0.25) is 4.90 Å². The van der Waals surface area contributed by atoms with E-state index in [1.807, 2.05) is 11.3 Å². The van der Waals surface area contributed by atoms with Crippen LogP contribution in [0.1, 0.15) is 42.5 Å². The molecular weight excluding hydrogens is 228 g/mol. The van der Waals surface area contributed by atoms with Gasteiger partial charge in [0.2, 0.25) is 0 Å². The molecule has 0 amide bonds. The van der Waals surface area contributed by atoms with Gasteiger partial charge in [-0.25, -0.2) is 0 Å². The average Bonchev–Trinajstić information content (AvgIpc) is 2.76. The van der Waals surface area contributed by atoms with E-state index in [0.717, 1.165) is 6.54 Å². The van der Waals surface area contributed by atoms with Gasteiger partial charge in [0.1, 0.15) is 0 Å². The van der Waals surface area contributed by atoms with Crippen molar-refractivity contribution in [1.29, 1.82) is 0 Å². The van der Waals surface area contributed by atoms with Crippen molar-refractivity contribution in [3.05, 3.63) is 21.9 Å². The molecule has 96 valence electrons. The third-order valence-corrected chi connectivity index (χ3v) is 4.84. The van der Waals surface area contributed by atoms with E-state index in [1.54, 1.807) is 0 Å². The molecule has 3 heteroatoms. The molecule has 1 aromatic heterocycles. The smallest absolute Gasteiger partial charge is 0.0414 e. The molecule has 1 fully saturated rings. The fourth-order valence-corrected chi connectivity index (χ4v) is 3.63. The number of aryl methyl sites for hydroxylation is 1. The Labute approximate surface area is 109 Å². The van der Waals surface area contributed by atoms with Crippen LogP contribution < -0.4 is 5.32 Å². The Balaban J connectivity index is 1.97. The average molecular weight is 252 g/mol. The molecule has 2 nitrogen and oxygen atoms in total. The number of nitrogens with one attached hydrogen (secondary N) is 1. The Bertz CT molecular complexity index is 346. The van der Waals surface area contributed by atoms with Crippen molar-refractivity contribution in [1.82, 2.24) is 10.2 Å². The highest BCUT2D eigenvalue weighted by Crippen LogP contribution is 2.29. The molecule has 2 rings (SSSR count). The summed E-state index contributed by atoms with van der Waals surface area (Å²) in [7, 11) is 0. The first-order chi connectivity index (χ1) is 8.20. The fourth-order valence-electron chi connectivity index (χ4n) is 2.67. The molecule has 0 aliphatic carbocycles. The second kappa shape index (κ2) is 5.98. The number of rotatable bonds is 4. The van der Waals surface area contributed by atoms with E-state index in [4.69, 9.17) is 0 Å². The van der Waals surface area contributed by atoms with Gasteiger partial charge in [0.05, 0.1) is 0 Å². The number of hydrogen-bond acceptors (Lipinski definition) is 3. The van der Waals surface area contributed by atoms with Crippen LogP contribution in [0.15, 0.2) is 12.1 Å². The Morgan fingerprint density at radius 2 is 2.35 bits per heavy atom. The maximum atomic E-state index is 3.59. The molecule has 2 heterocycles. The van der Waals surface area contributed by atoms with E-state index in [1.165, 1.54) is 35.7 Å². The molecule has 1 aliphatic rings. The van der Waals surface area contributed by atoms with Crippen LogP contribution in [0.4, 0.5) is 0 Å². The summed E-state index contributed by atoms with van der Waals surface area (Å²) in [6.07, 6.45) is 2.66. The monoisotopic (exact) mass is 252 g/mol. The summed E-state index contributed by atoms with van der Waals surface area (Å²) < 4.78 is 0. The van der Waals surface area contributed by atoms with E-state index in [-0.39, 0.29) is 0 Å². The maximum absolute atomic E-state index is 3.59. The number of hydrogen-bond donors (Lipinski definition) is 1. The highest BCUT2D eigenvalue weighted by molar-refractivity contribution is 7.12. The summed E-state index contributed by atoms with van der Waals surface area (Å²) >= 11 is 1.94. The van der Waals surface area contributed by atoms with Gasteiger partial charge in [0, 0.05) is 28.4 Å². The van der Waals surface area contributed by atoms with E-state index in [9.17, 15) is 0 Å².